The molecule has 0 aliphatic heterocycles. The van der Waals surface area contributed by atoms with E-state index in [0.717, 1.165) is 18.2 Å². The molecule has 0 spiro atoms. The number of alkyl halides is 3. The van der Waals surface area contributed by atoms with E-state index in [1.54, 1.807) is 12.1 Å². The summed E-state index contributed by atoms with van der Waals surface area (Å²) in [5.41, 5.74) is 2.00. The maximum absolute atomic E-state index is 13.5. The van der Waals surface area contributed by atoms with Crippen molar-refractivity contribution in [2.24, 2.45) is 17.8 Å². The average Bonchev–Trinajstić information content (AvgIpc) is 2.90. The van der Waals surface area contributed by atoms with Crippen LogP contribution in [0.25, 0.3) is 0 Å². The summed E-state index contributed by atoms with van der Waals surface area (Å²) in [6.45, 7) is 2.91. The number of benzene rings is 1. The number of aliphatic carboxylic acids is 1. The topological polar surface area (TPSA) is 82.1 Å². The molecule has 1 aromatic carbocycles. The van der Waals surface area contributed by atoms with E-state index in [-0.39, 0.29) is 19.6 Å². The number of hydrogen-bond donors (Lipinski definition) is 1. The Morgan fingerprint density at radius 3 is 2.45 bits per heavy atom. The fourth-order valence-corrected chi connectivity index (χ4v) is 3.68. The monoisotopic (exact) mass is 418 g/mol. The summed E-state index contributed by atoms with van der Waals surface area (Å²) in [7, 11) is 1.13. The number of rotatable bonds is 9. The van der Waals surface area contributed by atoms with Gasteiger partial charge < -0.3 is 19.3 Å². The van der Waals surface area contributed by atoms with Crippen molar-refractivity contribution in [3.63, 3.8) is 0 Å². The molecule has 2 unspecified atom stereocenters. The summed E-state index contributed by atoms with van der Waals surface area (Å²) in [4.78, 5) is 23.2. The van der Waals surface area contributed by atoms with Crippen LogP contribution in [0.3, 0.4) is 0 Å². The van der Waals surface area contributed by atoms with Gasteiger partial charge in [-0.05, 0) is 43.5 Å². The zero-order valence-electron chi connectivity index (χ0n) is 16.5. The number of carbonyl (C=O) groups excluding carboxylic acids is 1. The maximum atomic E-state index is 13.5. The van der Waals surface area contributed by atoms with Crippen molar-refractivity contribution in [1.82, 2.24) is 0 Å². The summed E-state index contributed by atoms with van der Waals surface area (Å²) in [6.07, 6.45) is -6.07. The molecule has 1 fully saturated rings. The molecule has 9 heteroatoms. The number of Topliss-reactive ketones (excluding diaryl/α,β-unsaturated/α-hetero) is 1. The van der Waals surface area contributed by atoms with E-state index in [1.165, 1.54) is 0 Å². The van der Waals surface area contributed by atoms with Crippen molar-refractivity contribution in [1.29, 1.82) is 0 Å². The highest BCUT2D eigenvalue weighted by Gasteiger charge is 2.61. The number of halogens is 3. The number of ketones is 1. The quantitative estimate of drug-likeness (QED) is 0.621. The summed E-state index contributed by atoms with van der Waals surface area (Å²) >= 11 is 0. The van der Waals surface area contributed by atoms with Gasteiger partial charge in [0.05, 0.1) is 18.6 Å². The minimum atomic E-state index is -4.74. The van der Waals surface area contributed by atoms with Crippen molar-refractivity contribution in [3.8, 4) is 5.75 Å². The number of ether oxygens (including phenoxy) is 3. The molecule has 2 rings (SSSR count). The Morgan fingerprint density at radius 1 is 1.21 bits per heavy atom. The van der Waals surface area contributed by atoms with Crippen LogP contribution < -0.4 is 4.74 Å². The minimum Gasteiger partial charge on any atom is -0.493 e. The highest BCUT2D eigenvalue weighted by Crippen LogP contribution is 2.45. The first kappa shape index (κ1) is 23.2. The predicted octanol–water partition coefficient (Wildman–Crippen LogP) is 3.18. The van der Waals surface area contributed by atoms with E-state index in [2.05, 4.69) is 0 Å². The lowest BCUT2D eigenvalue weighted by atomic mass is 9.91. The van der Waals surface area contributed by atoms with Crippen LogP contribution in [-0.2, 0) is 19.1 Å². The number of carbonyl (C=O) groups is 2. The van der Waals surface area contributed by atoms with Crippen LogP contribution in [0.5, 0.6) is 5.75 Å². The Kier molecular flexibility index (Phi) is 7.65. The zero-order valence-corrected chi connectivity index (χ0v) is 16.5. The number of carboxylic acid groups (broad SMARTS) is 1. The SMILES string of the molecule is COC1C(C(F)(F)F)C(=O)[C@H](COc2ccc(C)c(C)c2)[C@H]1CCOCC(=O)O. The minimum absolute atomic E-state index is 0.0467. The first-order valence-corrected chi connectivity index (χ1v) is 9.19. The van der Waals surface area contributed by atoms with Crippen molar-refractivity contribution in [2.75, 3.05) is 26.9 Å². The van der Waals surface area contributed by atoms with Gasteiger partial charge in [0.1, 0.15) is 18.3 Å². The largest absolute Gasteiger partial charge is 0.493 e. The molecule has 1 N–H and O–H groups in total. The Morgan fingerprint density at radius 2 is 1.90 bits per heavy atom. The second kappa shape index (κ2) is 9.58. The van der Waals surface area contributed by atoms with Gasteiger partial charge in [0.25, 0.3) is 0 Å². The molecule has 6 nitrogen and oxygen atoms in total. The van der Waals surface area contributed by atoms with Gasteiger partial charge in [-0.15, -0.1) is 0 Å². The Balaban J connectivity index is 2.17. The smallest absolute Gasteiger partial charge is 0.401 e. The average molecular weight is 418 g/mol. The van der Waals surface area contributed by atoms with Gasteiger partial charge in [0.15, 0.2) is 5.78 Å². The number of hydrogen-bond acceptors (Lipinski definition) is 5. The molecule has 29 heavy (non-hydrogen) atoms. The van der Waals surface area contributed by atoms with Gasteiger partial charge in [0.2, 0.25) is 0 Å². The van der Waals surface area contributed by atoms with E-state index in [9.17, 15) is 22.8 Å². The lowest BCUT2D eigenvalue weighted by molar-refractivity contribution is -0.199. The summed E-state index contributed by atoms with van der Waals surface area (Å²) in [5, 5.41) is 8.63. The van der Waals surface area contributed by atoms with Crippen LogP contribution in [0.1, 0.15) is 17.5 Å². The molecule has 0 bridgehead atoms. The van der Waals surface area contributed by atoms with Gasteiger partial charge in [-0.3, -0.25) is 4.79 Å². The molecule has 0 amide bonds. The maximum Gasteiger partial charge on any atom is 0.401 e. The van der Waals surface area contributed by atoms with Gasteiger partial charge in [0, 0.05) is 19.6 Å². The second-order valence-electron chi connectivity index (χ2n) is 7.18. The van der Waals surface area contributed by atoms with Crippen LogP contribution in [0.2, 0.25) is 0 Å². The Hall–Kier alpha value is -2.13. The molecule has 1 saturated carbocycles. The third kappa shape index (κ3) is 5.70. The Labute approximate surface area is 166 Å². The highest BCUT2D eigenvalue weighted by atomic mass is 19.4. The van der Waals surface area contributed by atoms with E-state index in [4.69, 9.17) is 19.3 Å². The fourth-order valence-electron chi connectivity index (χ4n) is 3.68. The number of aryl methyl sites for hydroxylation is 2. The first-order chi connectivity index (χ1) is 13.6. The van der Waals surface area contributed by atoms with Crippen molar-refractivity contribution in [3.05, 3.63) is 29.3 Å². The van der Waals surface area contributed by atoms with E-state index >= 15 is 0 Å². The highest BCUT2D eigenvalue weighted by molar-refractivity contribution is 5.87. The zero-order chi connectivity index (χ0) is 21.8. The lowest BCUT2D eigenvalue weighted by Gasteiger charge is -2.25. The molecular weight excluding hydrogens is 393 g/mol. The fraction of sp³-hybridized carbons (Fsp3) is 0.600. The van der Waals surface area contributed by atoms with Crippen LogP contribution in [0, 0.1) is 31.6 Å². The molecule has 0 saturated heterocycles. The number of methoxy groups -OCH3 is 1. The number of carboxylic acids is 1. The molecule has 1 aliphatic rings. The third-order valence-corrected chi connectivity index (χ3v) is 5.29. The van der Waals surface area contributed by atoms with E-state index in [1.807, 2.05) is 19.9 Å². The second-order valence-corrected chi connectivity index (χ2v) is 7.18. The first-order valence-electron chi connectivity index (χ1n) is 9.19. The molecule has 4 atom stereocenters. The van der Waals surface area contributed by atoms with Gasteiger partial charge in [-0.2, -0.15) is 13.2 Å². The lowest BCUT2D eigenvalue weighted by Crippen LogP contribution is -2.37. The molecule has 0 heterocycles. The standard InChI is InChI=1S/C20H25F3O6/c1-11-4-5-13(8-12(11)2)29-9-15-14(6-7-28-10-16(24)25)19(27-3)17(18(15)26)20(21,22)23/h4-5,8,14-15,17,19H,6-7,9-10H2,1-3H3,(H,24,25)/t14-,15-,17?,19?/m1/s1. The molecular formula is C20H25F3O6. The van der Waals surface area contributed by atoms with Crippen LogP contribution in [0.4, 0.5) is 13.2 Å². The third-order valence-electron chi connectivity index (χ3n) is 5.29. The predicted molar refractivity (Wildman–Crippen MR) is 96.8 cm³/mol. The van der Waals surface area contributed by atoms with E-state index in [0.29, 0.717) is 5.75 Å². The van der Waals surface area contributed by atoms with Crippen molar-refractivity contribution < 1.29 is 42.1 Å². The van der Waals surface area contributed by atoms with Crippen LogP contribution in [0.15, 0.2) is 18.2 Å². The van der Waals surface area contributed by atoms with Gasteiger partial charge in [-0.1, -0.05) is 6.07 Å². The van der Waals surface area contributed by atoms with Crippen molar-refractivity contribution in [2.45, 2.75) is 32.5 Å². The van der Waals surface area contributed by atoms with Gasteiger partial charge >= 0.3 is 12.1 Å². The molecule has 162 valence electrons. The summed E-state index contributed by atoms with van der Waals surface area (Å²) in [5.74, 6) is -5.78. The Bertz CT molecular complexity index is 733. The molecule has 0 radical (unpaired) electrons. The summed E-state index contributed by atoms with van der Waals surface area (Å²) in [6, 6.07) is 5.28. The van der Waals surface area contributed by atoms with Crippen molar-refractivity contribution >= 4 is 11.8 Å². The normalized spacial score (nSPS) is 24.7. The molecule has 0 aromatic heterocycles. The molecule has 1 aromatic rings. The molecule has 1 aliphatic carbocycles. The van der Waals surface area contributed by atoms with Crippen LogP contribution in [-0.4, -0.2) is 56.1 Å². The van der Waals surface area contributed by atoms with Crippen LogP contribution >= 0.6 is 0 Å². The summed E-state index contributed by atoms with van der Waals surface area (Å²) < 4.78 is 56.2. The van der Waals surface area contributed by atoms with Gasteiger partial charge in [-0.25, -0.2) is 4.79 Å². The van der Waals surface area contributed by atoms with E-state index < -0.39 is 48.4 Å².